The van der Waals surface area contributed by atoms with Crippen LogP contribution in [0.1, 0.15) is 49.4 Å². The minimum Gasteiger partial charge on any atom is -0.338 e. The number of nitrogens with one attached hydrogen (secondary N) is 2. The highest BCUT2D eigenvalue weighted by Crippen LogP contribution is 2.37. The first-order valence-corrected chi connectivity index (χ1v) is 11.1. The maximum atomic E-state index is 13.3. The summed E-state index contributed by atoms with van der Waals surface area (Å²) in [4.78, 5) is 39.6. The van der Waals surface area contributed by atoms with Crippen molar-refractivity contribution in [3.8, 4) is 0 Å². The number of hydrogen-bond donors (Lipinski definition) is 2. The van der Waals surface area contributed by atoms with Gasteiger partial charge in [0.2, 0.25) is 0 Å². The molecule has 0 unspecified atom stereocenters. The number of amides is 4. The molecule has 0 radical (unpaired) electrons. The van der Waals surface area contributed by atoms with Gasteiger partial charge in [0.1, 0.15) is 5.54 Å². The topological polar surface area (TPSA) is 78.5 Å². The zero-order valence-electron chi connectivity index (χ0n) is 16.2. The summed E-state index contributed by atoms with van der Waals surface area (Å²) < 4.78 is 0. The predicted molar refractivity (Wildman–Crippen MR) is 108 cm³/mol. The number of nitrogens with zero attached hydrogens (tertiary/aromatic N) is 1. The number of urea groups is 1. The van der Waals surface area contributed by atoms with Crippen LogP contribution < -0.4 is 10.6 Å². The van der Waals surface area contributed by atoms with Gasteiger partial charge in [-0.1, -0.05) is 31.4 Å². The van der Waals surface area contributed by atoms with Crippen LogP contribution in [0.5, 0.6) is 0 Å². The minimum absolute atomic E-state index is 0.0807. The van der Waals surface area contributed by atoms with E-state index in [4.69, 9.17) is 0 Å². The molecule has 0 bridgehead atoms. The van der Waals surface area contributed by atoms with Crippen LogP contribution in [0.15, 0.2) is 29.2 Å². The van der Waals surface area contributed by atoms with Crippen molar-refractivity contribution in [2.75, 3.05) is 18.8 Å². The average Bonchev–Trinajstić information content (AvgIpc) is 2.97. The second-order valence-electron chi connectivity index (χ2n) is 8.37. The van der Waals surface area contributed by atoms with Gasteiger partial charge in [-0.2, -0.15) is 0 Å². The van der Waals surface area contributed by atoms with E-state index in [-0.39, 0.29) is 11.8 Å². The molecular weight excluding hydrogens is 374 g/mol. The van der Waals surface area contributed by atoms with Gasteiger partial charge >= 0.3 is 6.03 Å². The van der Waals surface area contributed by atoms with Crippen LogP contribution in [-0.2, 0) is 4.79 Å². The van der Waals surface area contributed by atoms with Crippen molar-refractivity contribution < 1.29 is 14.4 Å². The monoisotopic (exact) mass is 401 g/mol. The zero-order valence-corrected chi connectivity index (χ0v) is 17.0. The number of carbonyl (C=O) groups is 3. The van der Waals surface area contributed by atoms with Crippen molar-refractivity contribution in [1.82, 2.24) is 15.5 Å². The van der Waals surface area contributed by atoms with E-state index < -0.39 is 11.6 Å². The van der Waals surface area contributed by atoms with Gasteiger partial charge in [-0.05, 0) is 43.7 Å². The fourth-order valence-corrected chi connectivity index (χ4v) is 5.76. The average molecular weight is 402 g/mol. The van der Waals surface area contributed by atoms with Gasteiger partial charge in [0.05, 0.1) is 5.56 Å². The molecule has 1 aromatic rings. The van der Waals surface area contributed by atoms with Crippen LogP contribution in [-0.4, -0.2) is 47.1 Å². The molecule has 3 fully saturated rings. The van der Waals surface area contributed by atoms with Crippen LogP contribution in [0.4, 0.5) is 4.79 Å². The second-order valence-corrected chi connectivity index (χ2v) is 9.39. The molecule has 2 saturated heterocycles. The van der Waals surface area contributed by atoms with E-state index in [1.54, 1.807) is 6.92 Å². The number of thioether (sulfide) groups is 1. The number of imide groups is 1. The first-order valence-electron chi connectivity index (χ1n) is 10.1. The molecular formula is C21H27N3O3S. The molecule has 0 aromatic heterocycles. The fourth-order valence-electron chi connectivity index (χ4n) is 4.63. The lowest BCUT2D eigenvalue weighted by Gasteiger charge is -2.41. The van der Waals surface area contributed by atoms with Gasteiger partial charge in [-0.3, -0.25) is 14.9 Å². The van der Waals surface area contributed by atoms with Gasteiger partial charge in [0, 0.05) is 23.7 Å². The second kappa shape index (κ2) is 7.78. The van der Waals surface area contributed by atoms with E-state index >= 15 is 0 Å². The lowest BCUT2D eigenvalue weighted by Crippen LogP contribution is -2.46. The number of benzene rings is 1. The third-order valence-corrected chi connectivity index (χ3v) is 7.72. The Kier molecular flexibility index (Phi) is 5.36. The Hall–Kier alpha value is -2.02. The van der Waals surface area contributed by atoms with Crippen LogP contribution in [0.25, 0.3) is 0 Å². The Morgan fingerprint density at radius 1 is 1.18 bits per heavy atom. The third-order valence-electron chi connectivity index (χ3n) is 6.33. The smallest absolute Gasteiger partial charge is 0.322 e. The third kappa shape index (κ3) is 3.77. The number of rotatable bonds is 4. The van der Waals surface area contributed by atoms with Crippen LogP contribution in [0, 0.1) is 11.8 Å². The quantitative estimate of drug-likeness (QED) is 0.600. The lowest BCUT2D eigenvalue weighted by molar-refractivity contribution is -0.122. The zero-order chi connectivity index (χ0) is 19.7. The molecule has 3 atom stereocenters. The molecule has 1 aliphatic carbocycles. The van der Waals surface area contributed by atoms with E-state index in [2.05, 4.69) is 10.6 Å². The largest absolute Gasteiger partial charge is 0.338 e. The van der Waals surface area contributed by atoms with Gasteiger partial charge in [-0.15, -0.1) is 11.8 Å². The van der Waals surface area contributed by atoms with Crippen LogP contribution in [0.2, 0.25) is 0 Å². The minimum atomic E-state index is -0.960. The summed E-state index contributed by atoms with van der Waals surface area (Å²) in [6.07, 6.45) is 6.26. The molecule has 28 heavy (non-hydrogen) atoms. The Balaban J connectivity index is 1.46. The van der Waals surface area contributed by atoms with E-state index in [9.17, 15) is 14.4 Å². The van der Waals surface area contributed by atoms with E-state index in [0.29, 0.717) is 17.2 Å². The molecule has 0 spiro atoms. The summed E-state index contributed by atoms with van der Waals surface area (Å²) in [5, 5.41) is 4.96. The number of fused-ring (bicyclic) bond motifs is 1. The molecule has 6 nitrogen and oxygen atoms in total. The Morgan fingerprint density at radius 2 is 1.93 bits per heavy atom. The number of likely N-dealkylation sites (tertiary alicyclic amines) is 1. The number of carbonyl (C=O) groups excluding carboxylic acids is 3. The Morgan fingerprint density at radius 3 is 2.68 bits per heavy atom. The maximum absolute atomic E-state index is 13.3. The Labute approximate surface area is 169 Å². The van der Waals surface area contributed by atoms with E-state index in [1.807, 2.05) is 29.2 Å². The molecule has 7 heteroatoms. The lowest BCUT2D eigenvalue weighted by atomic mass is 9.75. The maximum Gasteiger partial charge on any atom is 0.322 e. The SMILES string of the molecule is C[C@@]1(CSc2ccccc2C(=O)N2CC[C@H]3CCCC[C@@H]3C2)NC(=O)NC1=O. The first-order chi connectivity index (χ1) is 13.5. The van der Waals surface area contributed by atoms with Crippen molar-refractivity contribution in [2.24, 2.45) is 11.8 Å². The van der Waals surface area contributed by atoms with Gasteiger partial charge < -0.3 is 10.2 Å². The highest BCUT2D eigenvalue weighted by Gasteiger charge is 2.42. The summed E-state index contributed by atoms with van der Waals surface area (Å²) in [5.41, 5.74) is -0.270. The molecule has 1 saturated carbocycles. The molecule has 3 aliphatic rings. The van der Waals surface area contributed by atoms with Gasteiger partial charge in [0.25, 0.3) is 11.8 Å². The van der Waals surface area contributed by atoms with Crippen molar-refractivity contribution in [2.45, 2.75) is 49.5 Å². The summed E-state index contributed by atoms with van der Waals surface area (Å²) >= 11 is 1.44. The number of hydrogen-bond acceptors (Lipinski definition) is 4. The molecule has 4 amide bonds. The van der Waals surface area contributed by atoms with Crippen molar-refractivity contribution >= 4 is 29.6 Å². The highest BCUT2D eigenvalue weighted by atomic mass is 32.2. The van der Waals surface area contributed by atoms with Crippen LogP contribution >= 0.6 is 11.8 Å². The first kappa shape index (κ1) is 19.3. The molecule has 2 N–H and O–H groups in total. The van der Waals surface area contributed by atoms with Crippen LogP contribution in [0.3, 0.4) is 0 Å². The van der Waals surface area contributed by atoms with E-state index in [0.717, 1.165) is 30.3 Å². The molecule has 2 heterocycles. The Bertz CT molecular complexity index is 799. The summed E-state index contributed by atoms with van der Waals surface area (Å²) in [6, 6.07) is 7.11. The fraction of sp³-hybridized carbons (Fsp3) is 0.571. The van der Waals surface area contributed by atoms with Gasteiger partial charge in [-0.25, -0.2) is 4.79 Å². The van der Waals surface area contributed by atoms with Crippen molar-refractivity contribution in [3.05, 3.63) is 29.8 Å². The summed E-state index contributed by atoms with van der Waals surface area (Å²) in [7, 11) is 0. The standard InChI is InChI=1S/C21H27N3O3S/c1-21(19(26)22-20(27)23-21)13-28-17-9-5-4-8-16(17)18(25)24-11-10-14-6-2-3-7-15(14)12-24/h4-5,8-9,14-15H,2-3,6-7,10-13H2,1H3,(H2,22,23,26,27)/t14-,15-,21+/m1/s1. The normalized spacial score (nSPS) is 29.8. The molecule has 4 rings (SSSR count). The molecule has 2 aliphatic heterocycles. The van der Waals surface area contributed by atoms with Crippen molar-refractivity contribution in [1.29, 1.82) is 0 Å². The predicted octanol–water partition coefficient (Wildman–Crippen LogP) is 3.03. The summed E-state index contributed by atoms with van der Waals surface area (Å²) in [6.45, 7) is 3.40. The van der Waals surface area contributed by atoms with Gasteiger partial charge in [0.15, 0.2) is 0 Å². The van der Waals surface area contributed by atoms with E-state index in [1.165, 1.54) is 37.4 Å². The molecule has 1 aromatic carbocycles. The number of piperidine rings is 1. The summed E-state index contributed by atoms with van der Waals surface area (Å²) in [5.74, 6) is 1.55. The molecule has 150 valence electrons. The highest BCUT2D eigenvalue weighted by molar-refractivity contribution is 7.99. The van der Waals surface area contributed by atoms with Crippen molar-refractivity contribution in [3.63, 3.8) is 0 Å².